The van der Waals surface area contributed by atoms with Crippen LogP contribution < -0.4 is 0 Å². The van der Waals surface area contributed by atoms with Gasteiger partial charge in [-0.15, -0.1) is 36.4 Å². The summed E-state index contributed by atoms with van der Waals surface area (Å²) in [6.07, 6.45) is -3.95. The second kappa shape index (κ2) is 17.0. The first kappa shape index (κ1) is 28.3. The molecule has 0 aliphatic heterocycles. The molecule has 0 aromatic heterocycles. The Morgan fingerprint density at radius 1 is 0.581 bits per heavy atom. The van der Waals surface area contributed by atoms with Crippen molar-refractivity contribution in [3.8, 4) is 0 Å². The molecule has 0 radical (unpaired) electrons. The summed E-state index contributed by atoms with van der Waals surface area (Å²) in [5.41, 5.74) is 2.32. The number of hydrogen-bond donors (Lipinski definition) is 0. The van der Waals surface area contributed by atoms with Crippen molar-refractivity contribution >= 4 is 0 Å². The summed E-state index contributed by atoms with van der Waals surface area (Å²) in [7, 11) is 0. The SMILES string of the molecule is FC(F)(F)[CH-]c1ccccc1.[CH2-]c1ccccc1.[CH2-]c1ccccc1.[Zr+4].c1cc[cH-]c1. The quantitative estimate of drug-likeness (QED) is 0.234. The summed E-state index contributed by atoms with van der Waals surface area (Å²) < 4.78 is 35.1. The van der Waals surface area contributed by atoms with Crippen LogP contribution in [0.1, 0.15) is 16.7 Å². The van der Waals surface area contributed by atoms with Crippen molar-refractivity contribution in [2.45, 2.75) is 6.18 Å². The number of hydrogen-bond acceptors (Lipinski definition) is 0. The molecule has 0 spiro atoms. The Balaban J connectivity index is 0.000000398. The summed E-state index contributed by atoms with van der Waals surface area (Å²) >= 11 is 0. The van der Waals surface area contributed by atoms with Crippen LogP contribution in [0.3, 0.4) is 0 Å². The Morgan fingerprint density at radius 2 is 0.935 bits per heavy atom. The van der Waals surface area contributed by atoms with Crippen LogP contribution in [-0.2, 0) is 26.2 Å². The van der Waals surface area contributed by atoms with Crippen LogP contribution >= 0.6 is 0 Å². The zero-order chi connectivity index (χ0) is 22.1. The minimum absolute atomic E-state index is 0. The molecule has 0 amide bonds. The summed E-state index contributed by atoms with van der Waals surface area (Å²) in [5.74, 6) is 0. The zero-order valence-electron chi connectivity index (χ0n) is 17.2. The monoisotopic (exact) mass is 496 g/mol. The van der Waals surface area contributed by atoms with E-state index in [1.54, 1.807) is 18.2 Å². The van der Waals surface area contributed by atoms with Gasteiger partial charge in [0.2, 0.25) is 0 Å². The molecule has 4 aromatic carbocycles. The summed E-state index contributed by atoms with van der Waals surface area (Å²) in [4.78, 5) is 0. The fourth-order valence-corrected chi connectivity index (χ4v) is 2.02. The smallest absolute Gasteiger partial charge is 0.214 e. The third-order valence-corrected chi connectivity index (χ3v) is 3.37. The summed E-state index contributed by atoms with van der Waals surface area (Å²) in [6, 6.07) is 37.4. The van der Waals surface area contributed by atoms with Crippen molar-refractivity contribution in [1.29, 1.82) is 0 Å². The van der Waals surface area contributed by atoms with Gasteiger partial charge in [-0.3, -0.25) is 0 Å². The van der Waals surface area contributed by atoms with Crippen LogP contribution in [0.4, 0.5) is 13.2 Å². The van der Waals surface area contributed by atoms with Gasteiger partial charge in [0.1, 0.15) is 0 Å². The molecule has 4 rings (SSSR count). The molecule has 0 aliphatic carbocycles. The molecule has 0 aliphatic rings. The van der Waals surface area contributed by atoms with Crippen molar-refractivity contribution < 1.29 is 39.4 Å². The maximum atomic E-state index is 11.7. The molecule has 0 saturated heterocycles. The molecule has 0 N–H and O–H groups in total. The number of benzene rings is 3. The molecule has 4 heteroatoms. The van der Waals surface area contributed by atoms with Crippen LogP contribution in [0.15, 0.2) is 121 Å². The van der Waals surface area contributed by atoms with Gasteiger partial charge in [0, 0.05) is 0 Å². The Hall–Kier alpha value is -2.71. The first-order chi connectivity index (χ1) is 14.4. The fourth-order valence-electron chi connectivity index (χ4n) is 2.02. The topological polar surface area (TPSA) is 0 Å². The molecule has 4 aromatic rings. The Kier molecular flexibility index (Phi) is 15.5. The van der Waals surface area contributed by atoms with E-state index in [1.807, 2.05) is 91.0 Å². The molecule has 0 heterocycles. The Morgan fingerprint density at radius 3 is 1.16 bits per heavy atom. The van der Waals surface area contributed by atoms with Gasteiger partial charge < -0.3 is 0 Å². The van der Waals surface area contributed by atoms with Crippen molar-refractivity contribution in [2.24, 2.45) is 0 Å². The maximum Gasteiger partial charge on any atom is 4.00 e. The van der Waals surface area contributed by atoms with E-state index in [0.717, 1.165) is 11.1 Å². The van der Waals surface area contributed by atoms with Crippen LogP contribution in [0.2, 0.25) is 0 Å². The van der Waals surface area contributed by atoms with Crippen molar-refractivity contribution in [3.05, 3.63) is 158 Å². The van der Waals surface area contributed by atoms with Crippen molar-refractivity contribution in [3.63, 3.8) is 0 Å². The van der Waals surface area contributed by atoms with Crippen LogP contribution in [-0.4, -0.2) is 6.18 Å². The molecular weight excluding hydrogens is 473 g/mol. The fraction of sp³-hybridized carbons (Fsp3) is 0.0370. The van der Waals surface area contributed by atoms with Crippen LogP contribution in [0, 0.1) is 20.3 Å². The molecule has 31 heavy (non-hydrogen) atoms. The zero-order valence-corrected chi connectivity index (χ0v) is 19.6. The van der Waals surface area contributed by atoms with Gasteiger partial charge in [0.15, 0.2) is 0 Å². The molecule has 0 unspecified atom stereocenters. The third-order valence-electron chi connectivity index (χ3n) is 3.37. The molecule has 0 atom stereocenters. The van der Waals surface area contributed by atoms with Gasteiger partial charge in [0.25, 0.3) is 0 Å². The van der Waals surface area contributed by atoms with E-state index < -0.39 is 6.18 Å². The molecule has 0 saturated carbocycles. The van der Waals surface area contributed by atoms with Gasteiger partial charge >= 0.3 is 32.4 Å². The van der Waals surface area contributed by atoms with E-state index in [1.165, 1.54) is 12.1 Å². The van der Waals surface area contributed by atoms with E-state index in [-0.39, 0.29) is 38.2 Å². The number of alkyl halides is 3. The van der Waals surface area contributed by atoms with Gasteiger partial charge in [-0.1, -0.05) is 24.6 Å². The van der Waals surface area contributed by atoms with Crippen LogP contribution in [0.25, 0.3) is 0 Å². The second-order valence-electron chi connectivity index (χ2n) is 6.03. The van der Waals surface area contributed by atoms with Gasteiger partial charge in [-0.25, -0.2) is 12.1 Å². The molecular formula is C27H25F3Zr. The first-order valence-corrected chi connectivity index (χ1v) is 9.25. The third kappa shape index (κ3) is 17.8. The largest absolute Gasteiger partial charge is 4.00 e. The van der Waals surface area contributed by atoms with Gasteiger partial charge in [0.05, 0.1) is 0 Å². The number of halogens is 3. The summed E-state index contributed by atoms with van der Waals surface area (Å²) in [5, 5.41) is 0. The second-order valence-corrected chi connectivity index (χ2v) is 6.03. The average Bonchev–Trinajstić information content (AvgIpc) is 3.30. The predicted molar refractivity (Wildman–Crippen MR) is 120 cm³/mol. The van der Waals surface area contributed by atoms with E-state index in [9.17, 15) is 13.2 Å². The minimum atomic E-state index is -4.22. The predicted octanol–water partition coefficient (Wildman–Crippen LogP) is 7.94. The average molecular weight is 498 g/mol. The molecule has 0 fully saturated rings. The standard InChI is InChI=1S/C8H6F3.2C7H7.C5H5.Zr/c9-8(10,11)6-7-4-2-1-3-5-7;2*1-7-5-3-2-4-6-7;1-2-4-5-3-1;/h1-6H;2*2-6H,1H2;1-5H;/q4*-1;+4. The molecule has 158 valence electrons. The summed E-state index contributed by atoms with van der Waals surface area (Å²) in [6.45, 7) is 7.44. The normalized spacial score (nSPS) is 9.13. The van der Waals surface area contributed by atoms with E-state index >= 15 is 0 Å². The van der Waals surface area contributed by atoms with Gasteiger partial charge in [-0.05, 0) is 0 Å². The number of rotatable bonds is 1. The molecule has 0 bridgehead atoms. The Labute approximate surface area is 203 Å². The Bertz CT molecular complexity index is 802. The van der Waals surface area contributed by atoms with E-state index in [2.05, 4.69) is 13.8 Å². The van der Waals surface area contributed by atoms with Crippen molar-refractivity contribution in [1.82, 2.24) is 0 Å². The van der Waals surface area contributed by atoms with E-state index in [0.29, 0.717) is 0 Å². The molecule has 0 nitrogen and oxygen atoms in total. The first-order valence-electron chi connectivity index (χ1n) is 9.25. The van der Waals surface area contributed by atoms with Gasteiger partial charge in [-0.2, -0.15) is 98.3 Å². The minimum Gasteiger partial charge on any atom is -0.214 e. The van der Waals surface area contributed by atoms with Crippen molar-refractivity contribution in [2.75, 3.05) is 0 Å². The maximum absolute atomic E-state index is 11.7. The van der Waals surface area contributed by atoms with E-state index in [4.69, 9.17) is 0 Å². The van der Waals surface area contributed by atoms with Crippen LogP contribution in [0.5, 0.6) is 0 Å².